The number of likely N-dealkylation sites (tertiary alicyclic amines) is 1. The molecule has 0 radical (unpaired) electrons. The van der Waals surface area contributed by atoms with Gasteiger partial charge in [-0.05, 0) is 55.5 Å². The lowest BCUT2D eigenvalue weighted by Gasteiger charge is -2.39. The van der Waals surface area contributed by atoms with Crippen LogP contribution in [0.2, 0.25) is 0 Å². The van der Waals surface area contributed by atoms with Crippen LogP contribution in [0.5, 0.6) is 0 Å². The second-order valence-corrected chi connectivity index (χ2v) is 10.5. The molecular formula is C25H34N4OS. The molecule has 31 heavy (non-hydrogen) atoms. The maximum absolute atomic E-state index is 12.9. The van der Waals surface area contributed by atoms with Gasteiger partial charge in [-0.25, -0.2) is 0 Å². The first kappa shape index (κ1) is 21.0. The van der Waals surface area contributed by atoms with Crippen molar-refractivity contribution in [2.24, 2.45) is 5.73 Å². The van der Waals surface area contributed by atoms with Crippen molar-refractivity contribution in [2.75, 3.05) is 44.2 Å². The summed E-state index contributed by atoms with van der Waals surface area (Å²) in [7, 11) is 0. The minimum absolute atomic E-state index is 0.122. The number of carbonyl (C=O) groups is 1. The summed E-state index contributed by atoms with van der Waals surface area (Å²) in [5.74, 6) is 0.137. The van der Waals surface area contributed by atoms with Gasteiger partial charge < -0.3 is 15.5 Å². The Labute approximate surface area is 189 Å². The van der Waals surface area contributed by atoms with E-state index in [2.05, 4.69) is 40.1 Å². The molecule has 2 aromatic rings. The zero-order valence-corrected chi connectivity index (χ0v) is 19.4. The van der Waals surface area contributed by atoms with Crippen LogP contribution in [0.1, 0.15) is 47.3 Å². The third kappa shape index (κ3) is 4.38. The second kappa shape index (κ2) is 8.93. The van der Waals surface area contributed by atoms with Crippen LogP contribution in [0.4, 0.5) is 5.69 Å². The van der Waals surface area contributed by atoms with E-state index >= 15 is 0 Å². The number of hydrogen-bond acceptors (Lipinski definition) is 5. The van der Waals surface area contributed by atoms with Crippen LogP contribution in [-0.2, 0) is 0 Å². The summed E-state index contributed by atoms with van der Waals surface area (Å²) in [5, 5.41) is 0. The summed E-state index contributed by atoms with van der Waals surface area (Å²) < 4.78 is 0. The molecule has 1 aromatic heterocycles. The number of piperazine rings is 1. The maximum Gasteiger partial charge on any atom is 0.264 e. The summed E-state index contributed by atoms with van der Waals surface area (Å²) in [6, 6.07) is 12.0. The molecule has 5 rings (SSSR count). The monoisotopic (exact) mass is 438 g/mol. The molecule has 2 aliphatic heterocycles. The molecule has 1 atom stereocenters. The third-order valence-electron chi connectivity index (χ3n) is 7.30. The first-order valence-corrected chi connectivity index (χ1v) is 12.6. The van der Waals surface area contributed by atoms with Crippen molar-refractivity contribution >= 4 is 22.9 Å². The minimum Gasteiger partial charge on any atom is -0.369 e. The smallest absolute Gasteiger partial charge is 0.264 e. The molecule has 0 spiro atoms. The molecule has 0 bridgehead atoms. The van der Waals surface area contributed by atoms with Crippen molar-refractivity contribution in [1.29, 1.82) is 0 Å². The number of nitrogens with zero attached hydrogens (tertiary/aromatic N) is 3. The highest BCUT2D eigenvalue weighted by molar-refractivity contribution is 7.17. The standard InChI is InChI=1S/C25H34N4OS/c1-18-16-23(31-24(18)25(30)29-11-10-20(26)17-29)19-6-8-22(9-7-19)28-14-12-27(13-15-28)21-4-2-3-5-21/h6-9,16,20-21H,2-5,10-15,17,26H2,1H3/t20-/m0/s1. The molecule has 1 aliphatic carbocycles. The number of benzene rings is 1. The number of carbonyl (C=O) groups excluding carboxylic acids is 1. The first-order valence-electron chi connectivity index (χ1n) is 11.8. The van der Waals surface area contributed by atoms with Gasteiger partial charge in [0.25, 0.3) is 5.91 Å². The van der Waals surface area contributed by atoms with E-state index in [9.17, 15) is 4.79 Å². The molecule has 0 unspecified atom stereocenters. The molecule has 5 nitrogen and oxygen atoms in total. The topological polar surface area (TPSA) is 52.8 Å². The minimum atomic E-state index is 0.122. The summed E-state index contributed by atoms with van der Waals surface area (Å²) in [6.07, 6.45) is 6.51. The zero-order chi connectivity index (χ0) is 21.4. The summed E-state index contributed by atoms with van der Waals surface area (Å²) >= 11 is 1.61. The van der Waals surface area contributed by atoms with E-state index < -0.39 is 0 Å². The Morgan fingerprint density at radius 2 is 1.71 bits per heavy atom. The zero-order valence-electron chi connectivity index (χ0n) is 18.6. The highest BCUT2D eigenvalue weighted by Crippen LogP contribution is 2.34. The molecule has 1 amide bonds. The Bertz CT molecular complexity index is 910. The largest absolute Gasteiger partial charge is 0.369 e. The van der Waals surface area contributed by atoms with Gasteiger partial charge in [-0.1, -0.05) is 25.0 Å². The lowest BCUT2D eigenvalue weighted by molar-refractivity contribution is 0.0795. The van der Waals surface area contributed by atoms with Gasteiger partial charge >= 0.3 is 0 Å². The number of nitrogens with two attached hydrogens (primary N) is 1. The third-order valence-corrected chi connectivity index (χ3v) is 8.57. The quantitative estimate of drug-likeness (QED) is 0.785. The number of thiophene rings is 1. The van der Waals surface area contributed by atoms with Gasteiger partial charge in [0.15, 0.2) is 0 Å². The number of anilines is 1. The van der Waals surface area contributed by atoms with E-state index in [1.165, 1.54) is 54.9 Å². The van der Waals surface area contributed by atoms with E-state index in [0.29, 0.717) is 6.54 Å². The van der Waals surface area contributed by atoms with Crippen molar-refractivity contribution in [3.8, 4) is 10.4 Å². The van der Waals surface area contributed by atoms with Crippen LogP contribution < -0.4 is 10.6 Å². The van der Waals surface area contributed by atoms with Gasteiger partial charge in [-0.15, -0.1) is 11.3 Å². The molecule has 3 heterocycles. The van der Waals surface area contributed by atoms with E-state index in [1.807, 2.05) is 11.8 Å². The lowest BCUT2D eigenvalue weighted by Crippen LogP contribution is -2.49. The van der Waals surface area contributed by atoms with E-state index in [1.54, 1.807) is 11.3 Å². The van der Waals surface area contributed by atoms with Gasteiger partial charge in [-0.3, -0.25) is 9.69 Å². The highest BCUT2D eigenvalue weighted by Gasteiger charge is 2.28. The fraction of sp³-hybridized carbons (Fsp3) is 0.560. The van der Waals surface area contributed by atoms with E-state index in [4.69, 9.17) is 5.73 Å². The van der Waals surface area contributed by atoms with Gasteiger partial charge in [0.2, 0.25) is 0 Å². The van der Waals surface area contributed by atoms with Gasteiger partial charge in [0, 0.05) is 61.9 Å². The van der Waals surface area contributed by atoms with Crippen LogP contribution in [0.25, 0.3) is 10.4 Å². The predicted octanol–water partition coefficient (Wildman–Crippen LogP) is 3.96. The van der Waals surface area contributed by atoms with Crippen LogP contribution in [0.15, 0.2) is 30.3 Å². The average Bonchev–Trinajstić information content (AvgIpc) is 3.55. The fourth-order valence-corrected chi connectivity index (χ4v) is 6.55. The summed E-state index contributed by atoms with van der Waals surface area (Å²) in [5.41, 5.74) is 9.56. The fourth-order valence-electron chi connectivity index (χ4n) is 5.40. The predicted molar refractivity (Wildman–Crippen MR) is 129 cm³/mol. The van der Waals surface area contributed by atoms with Crippen molar-refractivity contribution in [2.45, 2.75) is 51.1 Å². The van der Waals surface area contributed by atoms with Crippen molar-refractivity contribution in [1.82, 2.24) is 9.80 Å². The van der Waals surface area contributed by atoms with E-state index in [-0.39, 0.29) is 11.9 Å². The van der Waals surface area contributed by atoms with Crippen LogP contribution in [0, 0.1) is 6.92 Å². The molecule has 1 saturated carbocycles. The van der Waals surface area contributed by atoms with Gasteiger partial charge in [0.05, 0.1) is 4.88 Å². The summed E-state index contributed by atoms with van der Waals surface area (Å²) in [4.78, 5) is 22.1. The average molecular weight is 439 g/mol. The Morgan fingerprint density at radius 3 is 2.35 bits per heavy atom. The lowest BCUT2D eigenvalue weighted by atomic mass is 10.1. The highest BCUT2D eigenvalue weighted by atomic mass is 32.1. The van der Waals surface area contributed by atoms with E-state index in [0.717, 1.165) is 42.5 Å². The molecule has 2 saturated heterocycles. The normalized spacial score (nSPS) is 23.1. The molecule has 1 aromatic carbocycles. The number of rotatable bonds is 4. The molecule has 3 fully saturated rings. The van der Waals surface area contributed by atoms with Crippen molar-refractivity contribution in [3.63, 3.8) is 0 Å². The SMILES string of the molecule is Cc1cc(-c2ccc(N3CCN(C4CCCC4)CC3)cc2)sc1C(=O)N1CC[C@H](N)C1. The van der Waals surface area contributed by atoms with Crippen LogP contribution >= 0.6 is 11.3 Å². The Balaban J connectivity index is 1.24. The molecule has 2 N–H and O–H groups in total. The van der Waals surface area contributed by atoms with Crippen molar-refractivity contribution in [3.05, 3.63) is 40.8 Å². The van der Waals surface area contributed by atoms with Crippen molar-refractivity contribution < 1.29 is 4.79 Å². The molecule has 166 valence electrons. The number of amides is 1. The molecule has 3 aliphatic rings. The molecular weight excluding hydrogens is 404 g/mol. The first-order chi connectivity index (χ1) is 15.1. The second-order valence-electron chi connectivity index (χ2n) is 9.43. The van der Waals surface area contributed by atoms with Crippen LogP contribution in [0.3, 0.4) is 0 Å². The van der Waals surface area contributed by atoms with Gasteiger partial charge in [-0.2, -0.15) is 0 Å². The van der Waals surface area contributed by atoms with Crippen LogP contribution in [-0.4, -0.2) is 67.1 Å². The number of aryl methyl sites for hydroxylation is 1. The van der Waals surface area contributed by atoms with Gasteiger partial charge in [0.1, 0.15) is 0 Å². The summed E-state index contributed by atoms with van der Waals surface area (Å²) in [6.45, 7) is 8.09. The Morgan fingerprint density at radius 1 is 1.00 bits per heavy atom. The Kier molecular flexibility index (Phi) is 6.04. The molecule has 6 heteroatoms. The maximum atomic E-state index is 12.9. The number of hydrogen-bond donors (Lipinski definition) is 1. The Hall–Kier alpha value is -1.89.